The van der Waals surface area contributed by atoms with E-state index in [4.69, 9.17) is 4.42 Å². The number of benzene rings is 2. The Kier molecular flexibility index (Phi) is 2.50. The molecule has 0 amide bonds. The zero-order valence-electron chi connectivity index (χ0n) is 11.6. The molecule has 0 saturated carbocycles. The van der Waals surface area contributed by atoms with Gasteiger partial charge in [0.05, 0.1) is 10.6 Å². The molecule has 0 fully saturated rings. The van der Waals surface area contributed by atoms with E-state index >= 15 is 0 Å². The minimum atomic E-state index is -3.57. The van der Waals surface area contributed by atoms with Crippen LogP contribution < -0.4 is 9.93 Å². The molecule has 0 atom stereocenters. The highest BCUT2D eigenvalue weighted by molar-refractivity contribution is 7.93. The van der Waals surface area contributed by atoms with Crippen LogP contribution in [0.1, 0.15) is 0 Å². The number of anilines is 1. The molecule has 1 aromatic heterocycles. The van der Waals surface area contributed by atoms with Crippen LogP contribution in [-0.4, -0.2) is 15.5 Å². The molecule has 0 spiro atoms. The lowest BCUT2D eigenvalue weighted by Gasteiger charge is -2.29. The Morgan fingerprint density at radius 1 is 1.00 bits per heavy atom. The van der Waals surface area contributed by atoms with E-state index in [0.717, 1.165) is 5.56 Å². The van der Waals surface area contributed by atoms with Gasteiger partial charge in [-0.25, -0.2) is 13.2 Å². The number of sulfonamides is 1. The molecule has 0 radical (unpaired) electrons. The molecule has 3 aromatic rings. The quantitative estimate of drug-likeness (QED) is 0.598. The number of fused-ring (bicyclic) bond motifs is 5. The van der Waals surface area contributed by atoms with Crippen molar-refractivity contribution in [2.75, 3.05) is 11.4 Å². The van der Waals surface area contributed by atoms with Gasteiger partial charge in [0.1, 0.15) is 5.58 Å². The average molecular weight is 313 g/mol. The third kappa shape index (κ3) is 1.58. The minimum absolute atomic E-state index is 0.253. The molecular weight excluding hydrogens is 302 g/mol. The number of nitrogens with zero attached hydrogens (tertiary/aromatic N) is 1. The SMILES string of the molecule is CN1c2ccc3oc(=O)ccc3c2-c2ccccc2S1(=O)=O. The molecule has 0 bridgehead atoms. The zero-order valence-corrected chi connectivity index (χ0v) is 12.4. The van der Waals surface area contributed by atoms with Crippen molar-refractivity contribution < 1.29 is 12.8 Å². The second-order valence-corrected chi connectivity index (χ2v) is 7.03. The van der Waals surface area contributed by atoms with Crippen LogP contribution in [0.25, 0.3) is 22.1 Å². The van der Waals surface area contributed by atoms with Crippen molar-refractivity contribution in [2.24, 2.45) is 0 Å². The minimum Gasteiger partial charge on any atom is -0.423 e. The Morgan fingerprint density at radius 3 is 2.59 bits per heavy atom. The molecule has 0 aliphatic carbocycles. The van der Waals surface area contributed by atoms with Gasteiger partial charge in [0.25, 0.3) is 10.0 Å². The number of hydrogen-bond acceptors (Lipinski definition) is 4. The van der Waals surface area contributed by atoms with Crippen LogP contribution >= 0.6 is 0 Å². The molecule has 2 heterocycles. The summed E-state index contributed by atoms with van der Waals surface area (Å²) >= 11 is 0. The predicted molar refractivity (Wildman–Crippen MR) is 83.5 cm³/mol. The highest BCUT2D eigenvalue weighted by Gasteiger charge is 2.33. The highest BCUT2D eigenvalue weighted by Crippen LogP contribution is 2.45. The average Bonchev–Trinajstić information content (AvgIpc) is 2.52. The summed E-state index contributed by atoms with van der Waals surface area (Å²) in [5.41, 5.74) is 1.95. The third-order valence-electron chi connectivity index (χ3n) is 3.91. The summed E-state index contributed by atoms with van der Waals surface area (Å²) < 4.78 is 31.7. The maximum Gasteiger partial charge on any atom is 0.336 e. The van der Waals surface area contributed by atoms with Gasteiger partial charge < -0.3 is 4.42 Å². The molecule has 110 valence electrons. The summed E-state index contributed by atoms with van der Waals surface area (Å²) in [5.74, 6) is 0. The molecule has 0 N–H and O–H groups in total. The van der Waals surface area contributed by atoms with Gasteiger partial charge in [0, 0.05) is 29.6 Å². The van der Waals surface area contributed by atoms with E-state index in [-0.39, 0.29) is 4.90 Å². The Hall–Kier alpha value is -2.60. The fourth-order valence-electron chi connectivity index (χ4n) is 2.86. The van der Waals surface area contributed by atoms with Gasteiger partial charge in [0.15, 0.2) is 0 Å². The van der Waals surface area contributed by atoms with E-state index in [0.29, 0.717) is 22.2 Å². The molecular formula is C16H11NO4S. The lowest BCUT2D eigenvalue weighted by atomic mass is 9.98. The summed E-state index contributed by atoms with van der Waals surface area (Å²) in [6, 6.07) is 13.1. The zero-order chi connectivity index (χ0) is 15.5. The second kappa shape index (κ2) is 4.20. The molecule has 4 rings (SSSR count). The Balaban J connectivity index is 2.23. The summed E-state index contributed by atoms with van der Waals surface area (Å²) in [5, 5.41) is 0.714. The van der Waals surface area contributed by atoms with Crippen LogP contribution in [0, 0.1) is 0 Å². The Bertz CT molecular complexity index is 1080. The number of hydrogen-bond donors (Lipinski definition) is 0. The summed E-state index contributed by atoms with van der Waals surface area (Å²) in [6.07, 6.45) is 0. The molecule has 22 heavy (non-hydrogen) atoms. The molecule has 1 aliphatic heterocycles. The second-order valence-electron chi connectivity index (χ2n) is 5.09. The first-order valence-electron chi connectivity index (χ1n) is 6.65. The van der Waals surface area contributed by atoms with Crippen LogP contribution in [0.5, 0.6) is 0 Å². The van der Waals surface area contributed by atoms with Gasteiger partial charge in [-0.15, -0.1) is 0 Å². The molecule has 0 saturated heterocycles. The van der Waals surface area contributed by atoms with Crippen molar-refractivity contribution in [3.63, 3.8) is 0 Å². The standard InChI is InChI=1S/C16H11NO4S/c1-17-12-7-8-13-10(6-9-15(18)21-13)16(12)11-4-2-3-5-14(11)22(17,19)20/h2-9H,1H3. The van der Waals surface area contributed by atoms with Crippen molar-refractivity contribution in [3.8, 4) is 11.1 Å². The topological polar surface area (TPSA) is 67.6 Å². The maximum atomic E-state index is 12.6. The van der Waals surface area contributed by atoms with Gasteiger partial charge >= 0.3 is 5.63 Å². The van der Waals surface area contributed by atoms with E-state index in [1.54, 1.807) is 42.5 Å². The third-order valence-corrected chi connectivity index (χ3v) is 5.74. The van der Waals surface area contributed by atoms with Crippen molar-refractivity contribution in [1.82, 2.24) is 0 Å². The maximum absolute atomic E-state index is 12.6. The van der Waals surface area contributed by atoms with Gasteiger partial charge in [-0.1, -0.05) is 18.2 Å². The van der Waals surface area contributed by atoms with Gasteiger partial charge in [-0.2, -0.15) is 0 Å². The highest BCUT2D eigenvalue weighted by atomic mass is 32.2. The fourth-order valence-corrected chi connectivity index (χ4v) is 4.26. The normalized spacial score (nSPS) is 15.4. The number of rotatable bonds is 0. The van der Waals surface area contributed by atoms with E-state index in [9.17, 15) is 13.2 Å². The lowest BCUT2D eigenvalue weighted by molar-refractivity contribution is 0.561. The molecule has 0 unspecified atom stereocenters. The monoisotopic (exact) mass is 313 g/mol. The van der Waals surface area contributed by atoms with Crippen LogP contribution in [0.2, 0.25) is 0 Å². The van der Waals surface area contributed by atoms with E-state index < -0.39 is 15.6 Å². The van der Waals surface area contributed by atoms with Crippen molar-refractivity contribution in [3.05, 3.63) is 59.0 Å². The Morgan fingerprint density at radius 2 is 1.77 bits per heavy atom. The summed E-state index contributed by atoms with van der Waals surface area (Å²) in [6.45, 7) is 0. The first-order valence-corrected chi connectivity index (χ1v) is 8.09. The van der Waals surface area contributed by atoms with E-state index in [2.05, 4.69) is 0 Å². The molecule has 5 nitrogen and oxygen atoms in total. The van der Waals surface area contributed by atoms with Gasteiger partial charge in [0.2, 0.25) is 0 Å². The summed E-state index contributed by atoms with van der Waals surface area (Å²) in [4.78, 5) is 11.6. The largest absolute Gasteiger partial charge is 0.423 e. The Labute approximate surface area is 126 Å². The molecule has 1 aliphatic rings. The summed E-state index contributed by atoms with van der Waals surface area (Å²) in [7, 11) is -2.05. The van der Waals surface area contributed by atoms with Crippen LogP contribution in [0.4, 0.5) is 5.69 Å². The van der Waals surface area contributed by atoms with Gasteiger partial charge in [-0.3, -0.25) is 4.31 Å². The smallest absolute Gasteiger partial charge is 0.336 e. The van der Waals surface area contributed by atoms with Crippen LogP contribution in [0.3, 0.4) is 0 Å². The predicted octanol–water partition coefficient (Wildman–Crippen LogP) is 2.60. The first kappa shape index (κ1) is 13.1. The van der Waals surface area contributed by atoms with Crippen molar-refractivity contribution >= 4 is 26.7 Å². The van der Waals surface area contributed by atoms with Crippen LogP contribution in [0.15, 0.2) is 62.6 Å². The first-order chi connectivity index (χ1) is 10.5. The lowest BCUT2D eigenvalue weighted by Crippen LogP contribution is -2.30. The fraction of sp³-hybridized carbons (Fsp3) is 0.0625. The van der Waals surface area contributed by atoms with Crippen LogP contribution in [-0.2, 0) is 10.0 Å². The molecule has 6 heteroatoms. The van der Waals surface area contributed by atoms with E-state index in [1.807, 2.05) is 0 Å². The van der Waals surface area contributed by atoms with Crippen molar-refractivity contribution in [1.29, 1.82) is 0 Å². The van der Waals surface area contributed by atoms with Gasteiger partial charge in [-0.05, 0) is 24.3 Å². The van der Waals surface area contributed by atoms with Crippen molar-refractivity contribution in [2.45, 2.75) is 4.90 Å². The molecule has 2 aromatic carbocycles. The van der Waals surface area contributed by atoms with E-state index in [1.165, 1.54) is 17.4 Å².